The quantitative estimate of drug-likeness (QED) is 0.882. The maximum atomic E-state index is 12.5. The summed E-state index contributed by atoms with van der Waals surface area (Å²) in [5.74, 6) is 1.62. The molecule has 0 saturated heterocycles. The van der Waals surface area contributed by atoms with Crippen molar-refractivity contribution in [3.63, 3.8) is 0 Å². The van der Waals surface area contributed by atoms with Gasteiger partial charge in [0.15, 0.2) is 0 Å². The highest BCUT2D eigenvalue weighted by Crippen LogP contribution is 2.55. The maximum Gasteiger partial charge on any atom is 0.263 e. The minimum Gasteiger partial charge on any atom is -0.390 e. The predicted molar refractivity (Wildman–Crippen MR) is 81.3 cm³/mol. The van der Waals surface area contributed by atoms with Crippen LogP contribution in [0.4, 0.5) is 0 Å². The Balaban J connectivity index is 1.53. The minimum atomic E-state index is -0.436. The largest absolute Gasteiger partial charge is 0.390 e. The maximum absolute atomic E-state index is 12.5. The normalized spacial score (nSPS) is 40.5. The van der Waals surface area contributed by atoms with E-state index in [0.717, 1.165) is 34.8 Å². The Morgan fingerprint density at radius 3 is 2.48 bits per heavy atom. The number of thiazole rings is 1. The number of hydrogen-bond donors (Lipinski definition) is 2. The van der Waals surface area contributed by atoms with Crippen LogP contribution in [0.2, 0.25) is 0 Å². The van der Waals surface area contributed by atoms with E-state index >= 15 is 0 Å². The lowest BCUT2D eigenvalue weighted by atomic mass is 9.52. The van der Waals surface area contributed by atoms with Gasteiger partial charge in [0.2, 0.25) is 0 Å². The van der Waals surface area contributed by atoms with Crippen molar-refractivity contribution in [2.24, 2.45) is 17.8 Å². The molecule has 0 radical (unpaired) electrons. The average molecular weight is 306 g/mol. The Morgan fingerprint density at radius 2 is 1.95 bits per heavy atom. The number of aliphatic hydroxyl groups is 1. The van der Waals surface area contributed by atoms with Crippen molar-refractivity contribution in [1.29, 1.82) is 0 Å². The molecule has 21 heavy (non-hydrogen) atoms. The lowest BCUT2D eigenvalue weighted by Gasteiger charge is -2.58. The molecule has 4 fully saturated rings. The van der Waals surface area contributed by atoms with Gasteiger partial charge in [0.1, 0.15) is 4.88 Å². The summed E-state index contributed by atoms with van der Waals surface area (Å²) >= 11 is 1.48. The topological polar surface area (TPSA) is 62.2 Å². The van der Waals surface area contributed by atoms with Crippen molar-refractivity contribution in [1.82, 2.24) is 10.3 Å². The number of carbonyl (C=O) groups excluding carboxylic acids is 1. The van der Waals surface area contributed by atoms with Gasteiger partial charge in [0.05, 0.1) is 16.3 Å². The van der Waals surface area contributed by atoms with E-state index in [-0.39, 0.29) is 11.9 Å². The number of aryl methyl sites for hydroxylation is 2. The number of carbonyl (C=O) groups is 1. The van der Waals surface area contributed by atoms with Gasteiger partial charge < -0.3 is 10.4 Å². The summed E-state index contributed by atoms with van der Waals surface area (Å²) in [5, 5.41) is 14.8. The molecular formula is C16H22N2O2S. The first-order valence-corrected chi connectivity index (χ1v) is 8.72. The molecule has 4 aliphatic carbocycles. The molecule has 114 valence electrons. The van der Waals surface area contributed by atoms with Crippen molar-refractivity contribution in [3.05, 3.63) is 15.6 Å². The lowest BCUT2D eigenvalue weighted by molar-refractivity contribution is -0.136. The summed E-state index contributed by atoms with van der Waals surface area (Å²) < 4.78 is 0. The fourth-order valence-electron chi connectivity index (χ4n) is 5.18. The molecule has 4 saturated carbocycles. The van der Waals surface area contributed by atoms with Crippen LogP contribution in [0.15, 0.2) is 0 Å². The van der Waals surface area contributed by atoms with Gasteiger partial charge in [0.25, 0.3) is 5.91 Å². The van der Waals surface area contributed by atoms with Crippen molar-refractivity contribution in [3.8, 4) is 0 Å². The van der Waals surface area contributed by atoms with Crippen LogP contribution in [-0.4, -0.2) is 27.6 Å². The van der Waals surface area contributed by atoms with Crippen LogP contribution in [0.3, 0.4) is 0 Å². The Kier molecular flexibility index (Phi) is 2.95. The van der Waals surface area contributed by atoms with E-state index in [4.69, 9.17) is 0 Å². The van der Waals surface area contributed by atoms with Gasteiger partial charge in [-0.2, -0.15) is 0 Å². The molecule has 1 aromatic heterocycles. The fourth-order valence-corrected chi connectivity index (χ4v) is 6.00. The van der Waals surface area contributed by atoms with E-state index in [0.29, 0.717) is 17.8 Å². The highest BCUT2D eigenvalue weighted by Gasteiger charge is 2.55. The van der Waals surface area contributed by atoms with Gasteiger partial charge in [-0.25, -0.2) is 4.98 Å². The van der Waals surface area contributed by atoms with Crippen LogP contribution >= 0.6 is 11.3 Å². The van der Waals surface area contributed by atoms with Crippen molar-refractivity contribution < 1.29 is 9.90 Å². The second-order valence-corrected chi connectivity index (χ2v) is 8.54. The molecule has 4 nitrogen and oxygen atoms in total. The molecule has 4 aliphatic rings. The third-order valence-corrected chi connectivity index (χ3v) is 6.72. The number of amides is 1. The number of nitrogens with one attached hydrogen (secondary N) is 1. The van der Waals surface area contributed by atoms with Gasteiger partial charge in [-0.05, 0) is 63.7 Å². The molecule has 5 heteroatoms. The zero-order valence-electron chi connectivity index (χ0n) is 12.6. The van der Waals surface area contributed by atoms with Gasteiger partial charge in [-0.15, -0.1) is 11.3 Å². The highest BCUT2D eigenvalue weighted by molar-refractivity contribution is 7.13. The van der Waals surface area contributed by atoms with E-state index < -0.39 is 5.60 Å². The first-order valence-electron chi connectivity index (χ1n) is 7.91. The smallest absolute Gasteiger partial charge is 0.263 e. The molecule has 4 bridgehead atoms. The molecular weight excluding hydrogens is 284 g/mol. The Bertz CT molecular complexity index is 581. The Morgan fingerprint density at radius 1 is 1.29 bits per heavy atom. The molecule has 5 rings (SSSR count). The van der Waals surface area contributed by atoms with E-state index in [1.807, 2.05) is 13.8 Å². The number of hydrogen-bond acceptors (Lipinski definition) is 4. The number of aromatic nitrogens is 1. The zero-order chi connectivity index (χ0) is 14.8. The van der Waals surface area contributed by atoms with E-state index in [1.54, 1.807) is 0 Å². The standard InChI is InChI=1S/C16H22N2O2S/c1-8-14(21-9(2)17-8)15(19)18-13-11-3-10-4-12(13)7-16(20,5-10)6-11/h10-13,20H,3-7H2,1-2H3,(H,18,19). The molecule has 1 amide bonds. The van der Waals surface area contributed by atoms with E-state index in [9.17, 15) is 9.90 Å². The zero-order valence-corrected chi connectivity index (χ0v) is 13.4. The summed E-state index contributed by atoms with van der Waals surface area (Å²) in [6.07, 6.45) is 5.06. The highest BCUT2D eigenvalue weighted by atomic mass is 32.1. The SMILES string of the molecule is Cc1nc(C)c(C(=O)NC2C3CC4CC2CC(O)(C4)C3)s1. The first kappa shape index (κ1) is 13.7. The third-order valence-electron chi connectivity index (χ3n) is 5.65. The van der Waals surface area contributed by atoms with Crippen LogP contribution in [0, 0.1) is 31.6 Å². The molecule has 2 N–H and O–H groups in total. The molecule has 0 spiro atoms. The summed E-state index contributed by atoms with van der Waals surface area (Å²) in [6.45, 7) is 3.84. The van der Waals surface area contributed by atoms with Crippen LogP contribution in [-0.2, 0) is 0 Å². The van der Waals surface area contributed by atoms with Crippen LogP contribution in [0.25, 0.3) is 0 Å². The minimum absolute atomic E-state index is 0.0302. The van der Waals surface area contributed by atoms with Crippen LogP contribution in [0.5, 0.6) is 0 Å². The lowest BCUT2D eigenvalue weighted by Crippen LogP contribution is -2.61. The van der Waals surface area contributed by atoms with Crippen LogP contribution in [0.1, 0.15) is 52.5 Å². The number of rotatable bonds is 2. The fraction of sp³-hybridized carbons (Fsp3) is 0.750. The van der Waals surface area contributed by atoms with E-state index in [1.165, 1.54) is 24.2 Å². The Hall–Kier alpha value is -0.940. The van der Waals surface area contributed by atoms with Gasteiger partial charge >= 0.3 is 0 Å². The van der Waals surface area contributed by atoms with Gasteiger partial charge in [-0.3, -0.25) is 4.79 Å². The van der Waals surface area contributed by atoms with Crippen molar-refractivity contribution in [2.45, 2.75) is 57.6 Å². The predicted octanol–water partition coefficient (Wildman–Crippen LogP) is 2.43. The van der Waals surface area contributed by atoms with E-state index in [2.05, 4.69) is 10.3 Å². The molecule has 2 unspecified atom stereocenters. The summed E-state index contributed by atoms with van der Waals surface area (Å²) in [4.78, 5) is 17.6. The van der Waals surface area contributed by atoms with Crippen molar-refractivity contribution in [2.75, 3.05) is 0 Å². The van der Waals surface area contributed by atoms with Gasteiger partial charge in [-0.1, -0.05) is 0 Å². The average Bonchev–Trinajstić information content (AvgIpc) is 2.71. The number of nitrogens with zero attached hydrogens (tertiary/aromatic N) is 1. The second-order valence-electron chi connectivity index (χ2n) is 7.34. The molecule has 0 aromatic carbocycles. The second kappa shape index (κ2) is 4.53. The monoisotopic (exact) mass is 306 g/mol. The molecule has 1 aromatic rings. The Labute approximate surface area is 129 Å². The molecule has 2 atom stereocenters. The van der Waals surface area contributed by atoms with Crippen molar-refractivity contribution >= 4 is 17.2 Å². The van der Waals surface area contributed by atoms with Crippen LogP contribution < -0.4 is 5.32 Å². The summed E-state index contributed by atoms with van der Waals surface area (Å²) in [6, 6.07) is 0.246. The van der Waals surface area contributed by atoms with Gasteiger partial charge in [0, 0.05) is 6.04 Å². The summed E-state index contributed by atoms with van der Waals surface area (Å²) in [5.41, 5.74) is 0.395. The summed E-state index contributed by atoms with van der Waals surface area (Å²) in [7, 11) is 0. The molecule has 0 aliphatic heterocycles. The first-order chi connectivity index (χ1) is 9.93. The third kappa shape index (κ3) is 2.21. The molecule has 1 heterocycles.